The van der Waals surface area contributed by atoms with Gasteiger partial charge in [-0.1, -0.05) is 45.0 Å². The maximum Gasteiger partial charge on any atom is 0.244 e. The van der Waals surface area contributed by atoms with E-state index in [-0.39, 0.29) is 29.5 Å². The number of amides is 1. The summed E-state index contributed by atoms with van der Waals surface area (Å²) in [7, 11) is -3.25. The molecule has 1 aliphatic rings. The van der Waals surface area contributed by atoms with Gasteiger partial charge in [-0.05, 0) is 36.3 Å². The van der Waals surface area contributed by atoms with Gasteiger partial charge in [-0.3, -0.25) is 4.79 Å². The standard InChI is InChI=1S/C19H29N3O3S/c1-5-26(24,25)22-12-6-7-16(14-22)18(23)21-20-13-15-8-10-17(11-9-15)19(2,3)4/h8-11,13,16H,5-7,12,14H2,1-4H3,(H,21,23)/b20-13-/t16-/m1/s1. The number of carbonyl (C=O) groups excluding carboxylic acids is 1. The van der Waals surface area contributed by atoms with E-state index in [4.69, 9.17) is 0 Å². The van der Waals surface area contributed by atoms with E-state index in [1.54, 1.807) is 13.1 Å². The molecule has 1 aromatic rings. The summed E-state index contributed by atoms with van der Waals surface area (Å²) in [5, 5.41) is 4.02. The average molecular weight is 380 g/mol. The SMILES string of the molecule is CCS(=O)(=O)N1CCC[C@@H](C(=O)N/N=C\c2ccc(C(C)(C)C)cc2)C1. The molecule has 144 valence electrons. The molecule has 26 heavy (non-hydrogen) atoms. The lowest BCUT2D eigenvalue weighted by Crippen LogP contribution is -2.45. The Labute approximate surface area is 156 Å². The quantitative estimate of drug-likeness (QED) is 0.631. The highest BCUT2D eigenvalue weighted by Gasteiger charge is 2.31. The van der Waals surface area contributed by atoms with Crippen LogP contribution in [-0.2, 0) is 20.2 Å². The van der Waals surface area contributed by atoms with Crippen molar-refractivity contribution in [2.75, 3.05) is 18.8 Å². The summed E-state index contributed by atoms with van der Waals surface area (Å²) < 4.78 is 25.4. The summed E-state index contributed by atoms with van der Waals surface area (Å²) in [6.07, 6.45) is 2.97. The van der Waals surface area contributed by atoms with Gasteiger partial charge >= 0.3 is 0 Å². The molecule has 1 atom stereocenters. The number of rotatable bonds is 5. The minimum absolute atomic E-state index is 0.0596. The molecule has 0 bridgehead atoms. The molecule has 2 rings (SSSR count). The molecule has 1 aliphatic heterocycles. The predicted molar refractivity (Wildman–Crippen MR) is 105 cm³/mol. The number of sulfonamides is 1. The zero-order valence-corrected chi connectivity index (χ0v) is 16.8. The van der Waals surface area contributed by atoms with Crippen LogP contribution in [0.15, 0.2) is 29.4 Å². The lowest BCUT2D eigenvalue weighted by atomic mass is 9.87. The Morgan fingerprint density at radius 1 is 1.31 bits per heavy atom. The van der Waals surface area contributed by atoms with Crippen molar-refractivity contribution in [3.8, 4) is 0 Å². The lowest BCUT2D eigenvalue weighted by molar-refractivity contribution is -0.126. The Bertz CT molecular complexity index is 749. The number of hydrogen-bond donors (Lipinski definition) is 1. The largest absolute Gasteiger partial charge is 0.273 e. The molecule has 1 saturated heterocycles. The van der Waals surface area contributed by atoms with Gasteiger partial charge in [-0.25, -0.2) is 18.1 Å². The van der Waals surface area contributed by atoms with Crippen molar-refractivity contribution in [3.05, 3.63) is 35.4 Å². The molecule has 0 radical (unpaired) electrons. The normalized spacial score (nSPS) is 19.6. The van der Waals surface area contributed by atoms with Crippen molar-refractivity contribution in [1.29, 1.82) is 0 Å². The number of hydrogen-bond acceptors (Lipinski definition) is 4. The highest BCUT2D eigenvalue weighted by molar-refractivity contribution is 7.89. The van der Waals surface area contributed by atoms with Gasteiger partial charge in [-0.15, -0.1) is 0 Å². The number of benzene rings is 1. The third kappa shape index (κ3) is 5.38. The van der Waals surface area contributed by atoms with E-state index in [0.29, 0.717) is 19.4 Å². The van der Waals surface area contributed by atoms with Crippen molar-refractivity contribution in [2.45, 2.75) is 46.0 Å². The first-order valence-corrected chi connectivity index (χ1v) is 10.7. The van der Waals surface area contributed by atoms with Gasteiger partial charge in [0.2, 0.25) is 15.9 Å². The Hall–Kier alpha value is -1.73. The second-order valence-corrected chi connectivity index (χ2v) is 9.96. The van der Waals surface area contributed by atoms with Crippen LogP contribution in [0.1, 0.15) is 51.7 Å². The van der Waals surface area contributed by atoms with Gasteiger partial charge in [0, 0.05) is 13.1 Å². The molecule has 0 saturated carbocycles. The van der Waals surface area contributed by atoms with Crippen molar-refractivity contribution in [1.82, 2.24) is 9.73 Å². The van der Waals surface area contributed by atoms with Crippen LogP contribution < -0.4 is 5.43 Å². The van der Waals surface area contributed by atoms with Gasteiger partial charge < -0.3 is 0 Å². The van der Waals surface area contributed by atoms with Crippen LogP contribution in [0.2, 0.25) is 0 Å². The van der Waals surface area contributed by atoms with Crippen molar-refractivity contribution in [3.63, 3.8) is 0 Å². The first-order chi connectivity index (χ1) is 12.1. The number of carbonyl (C=O) groups is 1. The zero-order chi connectivity index (χ0) is 19.4. The molecular formula is C19H29N3O3S. The number of nitrogens with zero attached hydrogens (tertiary/aromatic N) is 2. The van der Waals surface area contributed by atoms with E-state index < -0.39 is 10.0 Å². The fraction of sp³-hybridized carbons (Fsp3) is 0.579. The Kier molecular flexibility index (Phi) is 6.58. The third-order valence-corrected chi connectivity index (χ3v) is 6.53. The molecular weight excluding hydrogens is 350 g/mol. The molecule has 0 aliphatic carbocycles. The summed E-state index contributed by atoms with van der Waals surface area (Å²) in [4.78, 5) is 12.3. The van der Waals surface area contributed by atoms with Crippen LogP contribution in [0.3, 0.4) is 0 Å². The van der Waals surface area contributed by atoms with Gasteiger partial charge in [-0.2, -0.15) is 5.10 Å². The second-order valence-electron chi connectivity index (χ2n) is 7.70. The van der Waals surface area contributed by atoms with E-state index in [9.17, 15) is 13.2 Å². The highest BCUT2D eigenvalue weighted by Crippen LogP contribution is 2.22. The summed E-state index contributed by atoms with van der Waals surface area (Å²) >= 11 is 0. The molecule has 1 fully saturated rings. The van der Waals surface area contributed by atoms with Crippen molar-refractivity contribution < 1.29 is 13.2 Å². The van der Waals surface area contributed by atoms with Crippen LogP contribution in [-0.4, -0.2) is 43.7 Å². The van der Waals surface area contributed by atoms with E-state index in [1.807, 2.05) is 12.1 Å². The van der Waals surface area contributed by atoms with E-state index in [0.717, 1.165) is 5.56 Å². The van der Waals surface area contributed by atoms with Gasteiger partial charge in [0.1, 0.15) is 0 Å². The second kappa shape index (κ2) is 8.31. The molecule has 0 unspecified atom stereocenters. The molecule has 1 heterocycles. The molecule has 0 aromatic heterocycles. The summed E-state index contributed by atoms with van der Waals surface area (Å²) in [6.45, 7) is 8.81. The smallest absolute Gasteiger partial charge is 0.244 e. The van der Waals surface area contributed by atoms with Crippen molar-refractivity contribution >= 4 is 22.1 Å². The number of nitrogens with one attached hydrogen (secondary N) is 1. The zero-order valence-electron chi connectivity index (χ0n) is 16.0. The molecule has 7 heteroatoms. The lowest BCUT2D eigenvalue weighted by Gasteiger charge is -2.30. The van der Waals surface area contributed by atoms with Crippen molar-refractivity contribution in [2.24, 2.45) is 11.0 Å². The van der Waals surface area contributed by atoms with Crippen LogP contribution >= 0.6 is 0 Å². The summed E-state index contributed by atoms with van der Waals surface area (Å²) in [5.74, 6) is -0.529. The number of hydrazone groups is 1. The van der Waals surface area contributed by atoms with E-state index >= 15 is 0 Å². The van der Waals surface area contributed by atoms with Crippen LogP contribution in [0, 0.1) is 5.92 Å². The summed E-state index contributed by atoms with van der Waals surface area (Å²) in [5.41, 5.74) is 4.77. The Morgan fingerprint density at radius 2 is 1.96 bits per heavy atom. The van der Waals surface area contributed by atoms with Gasteiger partial charge in [0.25, 0.3) is 0 Å². The number of piperidine rings is 1. The molecule has 1 N–H and O–H groups in total. The highest BCUT2D eigenvalue weighted by atomic mass is 32.2. The average Bonchev–Trinajstić information content (AvgIpc) is 2.61. The van der Waals surface area contributed by atoms with Crippen LogP contribution in [0.5, 0.6) is 0 Å². The van der Waals surface area contributed by atoms with E-state index in [2.05, 4.69) is 43.4 Å². The maximum absolute atomic E-state index is 12.3. The Morgan fingerprint density at radius 3 is 2.54 bits per heavy atom. The van der Waals surface area contributed by atoms with Crippen LogP contribution in [0.4, 0.5) is 0 Å². The Balaban J connectivity index is 1.92. The first kappa shape index (κ1) is 20.6. The predicted octanol–water partition coefficient (Wildman–Crippen LogP) is 2.50. The van der Waals surface area contributed by atoms with E-state index in [1.165, 1.54) is 9.87 Å². The maximum atomic E-state index is 12.3. The summed E-state index contributed by atoms with van der Waals surface area (Å²) in [6, 6.07) is 8.04. The van der Waals surface area contributed by atoms with Gasteiger partial charge in [0.05, 0.1) is 17.9 Å². The monoisotopic (exact) mass is 379 g/mol. The topological polar surface area (TPSA) is 78.8 Å². The molecule has 1 aromatic carbocycles. The fourth-order valence-electron chi connectivity index (χ4n) is 2.92. The van der Waals surface area contributed by atoms with Crippen LogP contribution in [0.25, 0.3) is 0 Å². The molecule has 1 amide bonds. The minimum atomic E-state index is -3.25. The first-order valence-electron chi connectivity index (χ1n) is 9.05. The molecule has 6 nitrogen and oxygen atoms in total. The third-order valence-electron chi connectivity index (χ3n) is 4.68. The fourth-order valence-corrected chi connectivity index (χ4v) is 4.10. The minimum Gasteiger partial charge on any atom is -0.273 e. The van der Waals surface area contributed by atoms with Gasteiger partial charge in [0.15, 0.2) is 0 Å². The molecule has 0 spiro atoms.